The number of aromatic hydroxyl groups is 1. The highest BCUT2D eigenvalue weighted by atomic mass is 16.5. The number of ether oxygens (including phenoxy) is 3. The number of nitrogens with one attached hydrogen (secondary N) is 1. The van der Waals surface area contributed by atoms with Crippen LogP contribution < -0.4 is 19.6 Å². The molecule has 0 unspecified atom stereocenters. The summed E-state index contributed by atoms with van der Waals surface area (Å²) in [5.74, 6) is 1.94. The van der Waals surface area contributed by atoms with Crippen LogP contribution in [0.25, 0.3) is 0 Å². The lowest BCUT2D eigenvalue weighted by atomic mass is 10.2. The van der Waals surface area contributed by atoms with Crippen LogP contribution in [0.4, 0.5) is 0 Å². The lowest BCUT2D eigenvalue weighted by Crippen LogP contribution is -2.06. The molecule has 0 atom stereocenters. The molecule has 0 spiro atoms. The van der Waals surface area contributed by atoms with Crippen LogP contribution in [0.5, 0.6) is 23.0 Å². The predicted octanol–water partition coefficient (Wildman–Crippen LogP) is 2.93. The Bertz CT molecular complexity index is 701. The van der Waals surface area contributed by atoms with Crippen LogP contribution in [0, 0.1) is 0 Å². The highest BCUT2D eigenvalue weighted by Gasteiger charge is 2.04. The van der Waals surface area contributed by atoms with Gasteiger partial charge in [-0.25, -0.2) is 0 Å². The second-order valence-electron chi connectivity index (χ2n) is 4.94. The average molecular weight is 330 g/mol. The monoisotopic (exact) mass is 330 g/mol. The van der Waals surface area contributed by atoms with Gasteiger partial charge in [-0.2, -0.15) is 5.10 Å². The number of rotatable bonds is 8. The van der Waals surface area contributed by atoms with E-state index in [0.29, 0.717) is 30.4 Å². The van der Waals surface area contributed by atoms with Crippen LogP contribution in [0.3, 0.4) is 0 Å². The third-order valence-electron chi connectivity index (χ3n) is 3.32. The van der Waals surface area contributed by atoms with Gasteiger partial charge in [-0.15, -0.1) is 0 Å². The van der Waals surface area contributed by atoms with Crippen LogP contribution in [-0.4, -0.2) is 32.1 Å². The Morgan fingerprint density at radius 1 is 1.04 bits per heavy atom. The summed E-state index contributed by atoms with van der Waals surface area (Å²) in [6, 6.07) is 10.8. The van der Waals surface area contributed by atoms with E-state index in [1.165, 1.54) is 0 Å². The standard InChI is InChI=1S/C18H22N2O4/c1-4-24-17-9-13(5-7-15(17)21)11-19-20-12-14-6-8-16(22-2)18(10-14)23-3/h5-11,20-21H,4,12H2,1-3H3/b19-11-. The molecular formula is C18H22N2O4. The van der Waals surface area contributed by atoms with Crippen molar-refractivity contribution < 1.29 is 19.3 Å². The van der Waals surface area contributed by atoms with E-state index in [2.05, 4.69) is 10.5 Å². The van der Waals surface area contributed by atoms with Crippen molar-refractivity contribution in [2.45, 2.75) is 13.5 Å². The summed E-state index contributed by atoms with van der Waals surface area (Å²) in [7, 11) is 3.21. The molecule has 0 aliphatic heterocycles. The zero-order valence-corrected chi connectivity index (χ0v) is 14.1. The van der Waals surface area contributed by atoms with Gasteiger partial charge in [0.25, 0.3) is 0 Å². The van der Waals surface area contributed by atoms with Gasteiger partial charge in [0.1, 0.15) is 0 Å². The Hall–Kier alpha value is -2.89. The molecule has 0 saturated carbocycles. The number of phenolic OH excluding ortho intramolecular Hbond substituents is 1. The van der Waals surface area contributed by atoms with Gasteiger partial charge in [-0.3, -0.25) is 0 Å². The Kier molecular flexibility index (Phi) is 6.31. The van der Waals surface area contributed by atoms with E-state index < -0.39 is 0 Å². The lowest BCUT2D eigenvalue weighted by molar-refractivity contribution is 0.318. The topological polar surface area (TPSA) is 72.3 Å². The molecule has 0 bridgehead atoms. The zero-order valence-electron chi connectivity index (χ0n) is 14.1. The molecule has 2 rings (SSSR count). The second-order valence-corrected chi connectivity index (χ2v) is 4.94. The maximum Gasteiger partial charge on any atom is 0.161 e. The number of nitrogens with zero attached hydrogens (tertiary/aromatic N) is 1. The fraction of sp³-hybridized carbons (Fsp3) is 0.278. The number of phenols is 1. The fourth-order valence-electron chi connectivity index (χ4n) is 2.13. The predicted molar refractivity (Wildman–Crippen MR) is 93.3 cm³/mol. The van der Waals surface area contributed by atoms with Crippen molar-refractivity contribution in [1.29, 1.82) is 0 Å². The Morgan fingerprint density at radius 2 is 1.83 bits per heavy atom. The molecule has 6 nitrogen and oxygen atoms in total. The van der Waals surface area contributed by atoms with Gasteiger partial charge in [0.2, 0.25) is 0 Å². The van der Waals surface area contributed by atoms with Crippen LogP contribution >= 0.6 is 0 Å². The lowest BCUT2D eigenvalue weighted by Gasteiger charge is -2.09. The van der Waals surface area contributed by atoms with E-state index in [9.17, 15) is 5.11 Å². The van der Waals surface area contributed by atoms with Gasteiger partial charge in [-0.1, -0.05) is 6.07 Å². The van der Waals surface area contributed by atoms with Crippen LogP contribution in [0.2, 0.25) is 0 Å². The summed E-state index contributed by atoms with van der Waals surface area (Å²) >= 11 is 0. The highest BCUT2D eigenvalue weighted by molar-refractivity contribution is 5.80. The van der Waals surface area contributed by atoms with E-state index >= 15 is 0 Å². The molecule has 24 heavy (non-hydrogen) atoms. The van der Waals surface area contributed by atoms with Crippen molar-refractivity contribution in [2.24, 2.45) is 5.10 Å². The first-order chi connectivity index (χ1) is 11.7. The molecule has 6 heteroatoms. The van der Waals surface area contributed by atoms with Crippen molar-refractivity contribution in [3.8, 4) is 23.0 Å². The molecule has 2 N–H and O–H groups in total. The van der Waals surface area contributed by atoms with Gasteiger partial charge in [0.15, 0.2) is 23.0 Å². The zero-order chi connectivity index (χ0) is 17.4. The molecule has 2 aromatic rings. The van der Waals surface area contributed by atoms with Gasteiger partial charge in [0.05, 0.1) is 33.6 Å². The van der Waals surface area contributed by atoms with Crippen molar-refractivity contribution >= 4 is 6.21 Å². The number of benzene rings is 2. The molecule has 128 valence electrons. The van der Waals surface area contributed by atoms with Crippen LogP contribution in [0.15, 0.2) is 41.5 Å². The number of hydrazone groups is 1. The van der Waals surface area contributed by atoms with Crippen molar-refractivity contribution in [1.82, 2.24) is 5.43 Å². The van der Waals surface area contributed by atoms with Crippen molar-refractivity contribution in [3.63, 3.8) is 0 Å². The van der Waals surface area contributed by atoms with Gasteiger partial charge in [0, 0.05) is 0 Å². The molecule has 0 fully saturated rings. The van der Waals surface area contributed by atoms with Crippen LogP contribution in [0.1, 0.15) is 18.1 Å². The van der Waals surface area contributed by atoms with E-state index in [0.717, 1.165) is 11.1 Å². The summed E-state index contributed by atoms with van der Waals surface area (Å²) in [5, 5.41) is 13.9. The smallest absolute Gasteiger partial charge is 0.161 e. The number of hydrogen-bond acceptors (Lipinski definition) is 6. The number of methoxy groups -OCH3 is 2. The summed E-state index contributed by atoms with van der Waals surface area (Å²) in [6.45, 7) is 2.91. The van der Waals surface area contributed by atoms with E-state index in [1.54, 1.807) is 38.6 Å². The fourth-order valence-corrected chi connectivity index (χ4v) is 2.13. The van der Waals surface area contributed by atoms with Crippen molar-refractivity contribution in [2.75, 3.05) is 20.8 Å². The van der Waals surface area contributed by atoms with Gasteiger partial charge < -0.3 is 24.7 Å². The molecule has 0 heterocycles. The maximum atomic E-state index is 9.67. The molecule has 0 saturated heterocycles. The first kappa shape index (κ1) is 17.5. The quantitative estimate of drug-likeness (QED) is 0.575. The Balaban J connectivity index is 1.96. The molecule has 0 amide bonds. The summed E-state index contributed by atoms with van der Waals surface area (Å²) < 4.78 is 15.8. The third-order valence-corrected chi connectivity index (χ3v) is 3.32. The Morgan fingerprint density at radius 3 is 2.54 bits per heavy atom. The highest BCUT2D eigenvalue weighted by Crippen LogP contribution is 2.27. The first-order valence-electron chi connectivity index (χ1n) is 7.60. The minimum absolute atomic E-state index is 0.118. The molecule has 0 aliphatic carbocycles. The first-order valence-corrected chi connectivity index (χ1v) is 7.60. The van der Waals surface area contributed by atoms with Crippen LogP contribution in [-0.2, 0) is 6.54 Å². The summed E-state index contributed by atoms with van der Waals surface area (Å²) in [5.41, 5.74) is 4.82. The maximum absolute atomic E-state index is 9.67. The summed E-state index contributed by atoms with van der Waals surface area (Å²) in [6.07, 6.45) is 1.67. The molecule has 2 aromatic carbocycles. The minimum Gasteiger partial charge on any atom is -0.504 e. The summed E-state index contributed by atoms with van der Waals surface area (Å²) in [4.78, 5) is 0. The Labute approximate surface area is 141 Å². The SMILES string of the molecule is CCOc1cc(/C=N\NCc2ccc(OC)c(OC)c2)ccc1O. The third kappa shape index (κ3) is 4.55. The molecular weight excluding hydrogens is 308 g/mol. The molecule has 0 aromatic heterocycles. The largest absolute Gasteiger partial charge is 0.504 e. The average Bonchev–Trinajstić information content (AvgIpc) is 2.61. The van der Waals surface area contributed by atoms with E-state index in [1.807, 2.05) is 25.1 Å². The van der Waals surface area contributed by atoms with Gasteiger partial charge in [-0.05, 0) is 48.4 Å². The number of hydrogen-bond donors (Lipinski definition) is 2. The van der Waals surface area contributed by atoms with E-state index in [4.69, 9.17) is 14.2 Å². The molecule has 0 radical (unpaired) electrons. The second kappa shape index (κ2) is 8.67. The normalized spacial score (nSPS) is 10.6. The minimum atomic E-state index is 0.118. The van der Waals surface area contributed by atoms with Gasteiger partial charge >= 0.3 is 0 Å². The molecule has 0 aliphatic rings. The van der Waals surface area contributed by atoms with E-state index in [-0.39, 0.29) is 5.75 Å². The van der Waals surface area contributed by atoms with Crippen molar-refractivity contribution in [3.05, 3.63) is 47.5 Å².